The fourth-order valence-electron chi connectivity index (χ4n) is 1.42. The Morgan fingerprint density at radius 2 is 2.29 bits per heavy atom. The Bertz CT molecular complexity index is 221. The maximum absolute atomic E-state index is 8.89. The second-order valence-electron chi connectivity index (χ2n) is 3.43. The van der Waals surface area contributed by atoms with Crippen molar-refractivity contribution < 1.29 is 9.52 Å². The molecule has 0 saturated heterocycles. The van der Waals surface area contributed by atoms with Gasteiger partial charge in [0.25, 0.3) is 0 Å². The number of furan rings is 1. The van der Waals surface area contributed by atoms with E-state index in [4.69, 9.17) is 9.52 Å². The van der Waals surface area contributed by atoms with E-state index in [9.17, 15) is 0 Å². The summed E-state index contributed by atoms with van der Waals surface area (Å²) >= 11 is 0. The van der Waals surface area contributed by atoms with Crippen LogP contribution in [0.25, 0.3) is 0 Å². The molecule has 0 radical (unpaired) electrons. The van der Waals surface area contributed by atoms with Crippen molar-refractivity contribution in [1.29, 1.82) is 0 Å². The predicted octanol–water partition coefficient (Wildman–Crippen LogP) is 1.87. The molecule has 0 amide bonds. The van der Waals surface area contributed by atoms with Crippen LogP contribution < -0.4 is 0 Å². The van der Waals surface area contributed by atoms with Crippen molar-refractivity contribution in [1.82, 2.24) is 4.90 Å². The third kappa shape index (κ3) is 3.94. The molecule has 1 aromatic heterocycles. The van der Waals surface area contributed by atoms with E-state index in [0.717, 1.165) is 25.4 Å². The SMILES string of the molecule is CCCCN(CCO)Cc1ccco1. The van der Waals surface area contributed by atoms with Gasteiger partial charge >= 0.3 is 0 Å². The van der Waals surface area contributed by atoms with Crippen LogP contribution in [0.15, 0.2) is 22.8 Å². The first-order valence-corrected chi connectivity index (χ1v) is 5.22. The summed E-state index contributed by atoms with van der Waals surface area (Å²) in [7, 11) is 0. The molecule has 0 fully saturated rings. The Morgan fingerprint density at radius 1 is 1.43 bits per heavy atom. The highest BCUT2D eigenvalue weighted by Gasteiger charge is 2.05. The number of aliphatic hydroxyl groups excluding tert-OH is 1. The quantitative estimate of drug-likeness (QED) is 0.725. The summed E-state index contributed by atoms with van der Waals surface area (Å²) in [5.41, 5.74) is 0. The molecule has 1 aromatic rings. The normalized spacial score (nSPS) is 11.1. The highest BCUT2D eigenvalue weighted by molar-refractivity contribution is 4.97. The average molecular weight is 197 g/mol. The van der Waals surface area contributed by atoms with E-state index in [1.807, 2.05) is 12.1 Å². The smallest absolute Gasteiger partial charge is 0.117 e. The van der Waals surface area contributed by atoms with Crippen LogP contribution in [-0.4, -0.2) is 29.7 Å². The molecule has 0 aromatic carbocycles. The average Bonchev–Trinajstić information content (AvgIpc) is 2.67. The van der Waals surface area contributed by atoms with Crippen molar-refractivity contribution in [2.24, 2.45) is 0 Å². The number of aliphatic hydroxyl groups is 1. The molecule has 3 nitrogen and oxygen atoms in total. The molecule has 14 heavy (non-hydrogen) atoms. The van der Waals surface area contributed by atoms with E-state index in [1.165, 1.54) is 12.8 Å². The van der Waals surface area contributed by atoms with Gasteiger partial charge in [-0.1, -0.05) is 13.3 Å². The lowest BCUT2D eigenvalue weighted by atomic mass is 10.3. The molecule has 0 spiro atoms. The molecule has 0 aliphatic rings. The standard InChI is InChI=1S/C11H19NO2/c1-2-3-6-12(7-8-13)10-11-5-4-9-14-11/h4-5,9,13H,2-3,6-8,10H2,1H3. The Kier molecular flexibility index (Phi) is 5.33. The summed E-state index contributed by atoms with van der Waals surface area (Å²) in [4.78, 5) is 2.21. The Hall–Kier alpha value is -0.800. The minimum atomic E-state index is 0.213. The van der Waals surface area contributed by atoms with Crippen LogP contribution in [0.2, 0.25) is 0 Å². The minimum absolute atomic E-state index is 0.213. The van der Waals surface area contributed by atoms with E-state index in [-0.39, 0.29) is 6.61 Å². The zero-order valence-electron chi connectivity index (χ0n) is 8.78. The van der Waals surface area contributed by atoms with Crippen molar-refractivity contribution in [3.05, 3.63) is 24.2 Å². The van der Waals surface area contributed by atoms with Gasteiger partial charge in [0.05, 0.1) is 19.4 Å². The number of nitrogens with zero attached hydrogens (tertiary/aromatic N) is 1. The van der Waals surface area contributed by atoms with E-state index < -0.39 is 0 Å². The van der Waals surface area contributed by atoms with Gasteiger partial charge in [0.1, 0.15) is 5.76 Å². The topological polar surface area (TPSA) is 36.6 Å². The van der Waals surface area contributed by atoms with Crippen molar-refractivity contribution in [2.45, 2.75) is 26.3 Å². The van der Waals surface area contributed by atoms with Crippen LogP contribution in [0.5, 0.6) is 0 Å². The van der Waals surface area contributed by atoms with Gasteiger partial charge in [0.2, 0.25) is 0 Å². The predicted molar refractivity (Wildman–Crippen MR) is 56.0 cm³/mol. The molecular weight excluding hydrogens is 178 g/mol. The Balaban J connectivity index is 2.34. The van der Waals surface area contributed by atoms with Crippen molar-refractivity contribution in [3.8, 4) is 0 Å². The first kappa shape index (κ1) is 11.3. The second-order valence-corrected chi connectivity index (χ2v) is 3.43. The summed E-state index contributed by atoms with van der Waals surface area (Å²) in [5, 5.41) is 8.89. The first-order valence-electron chi connectivity index (χ1n) is 5.22. The second kappa shape index (κ2) is 6.62. The molecule has 0 unspecified atom stereocenters. The summed E-state index contributed by atoms with van der Waals surface area (Å²) in [6.07, 6.45) is 4.03. The third-order valence-corrected chi connectivity index (χ3v) is 2.20. The molecule has 0 aliphatic heterocycles. The zero-order valence-corrected chi connectivity index (χ0v) is 8.78. The molecule has 0 bridgehead atoms. The monoisotopic (exact) mass is 197 g/mol. The van der Waals surface area contributed by atoms with Gasteiger partial charge in [-0.15, -0.1) is 0 Å². The summed E-state index contributed by atoms with van der Waals surface area (Å²) in [6, 6.07) is 3.86. The van der Waals surface area contributed by atoms with Crippen LogP contribution in [-0.2, 0) is 6.54 Å². The number of rotatable bonds is 7. The lowest BCUT2D eigenvalue weighted by molar-refractivity contribution is 0.179. The Labute approximate surface area is 85.3 Å². The van der Waals surface area contributed by atoms with E-state index in [1.54, 1.807) is 6.26 Å². The summed E-state index contributed by atoms with van der Waals surface area (Å²) in [5.74, 6) is 0.967. The molecule has 3 heteroatoms. The molecular formula is C11H19NO2. The molecule has 0 atom stereocenters. The van der Waals surface area contributed by atoms with Gasteiger partial charge in [0.15, 0.2) is 0 Å². The van der Waals surface area contributed by atoms with Crippen molar-refractivity contribution >= 4 is 0 Å². The summed E-state index contributed by atoms with van der Waals surface area (Å²) in [6.45, 7) is 4.93. The van der Waals surface area contributed by atoms with Gasteiger partial charge in [-0.25, -0.2) is 0 Å². The van der Waals surface area contributed by atoms with Gasteiger partial charge in [-0.2, -0.15) is 0 Å². The van der Waals surface area contributed by atoms with Crippen LogP contribution >= 0.6 is 0 Å². The fraction of sp³-hybridized carbons (Fsp3) is 0.636. The van der Waals surface area contributed by atoms with Gasteiger partial charge < -0.3 is 9.52 Å². The molecule has 0 aliphatic carbocycles. The highest BCUT2D eigenvalue weighted by atomic mass is 16.3. The third-order valence-electron chi connectivity index (χ3n) is 2.20. The highest BCUT2D eigenvalue weighted by Crippen LogP contribution is 2.06. The molecule has 1 heterocycles. The molecule has 80 valence electrons. The molecule has 1 N–H and O–H groups in total. The number of unbranched alkanes of at least 4 members (excludes halogenated alkanes) is 1. The van der Waals surface area contributed by atoms with Gasteiger partial charge in [-0.05, 0) is 25.1 Å². The number of hydrogen-bond donors (Lipinski definition) is 1. The summed E-state index contributed by atoms with van der Waals surface area (Å²) < 4.78 is 5.27. The van der Waals surface area contributed by atoms with E-state index in [0.29, 0.717) is 0 Å². The zero-order chi connectivity index (χ0) is 10.2. The van der Waals surface area contributed by atoms with Gasteiger partial charge in [-0.3, -0.25) is 4.90 Å². The van der Waals surface area contributed by atoms with E-state index >= 15 is 0 Å². The fourth-order valence-corrected chi connectivity index (χ4v) is 1.42. The van der Waals surface area contributed by atoms with E-state index in [2.05, 4.69) is 11.8 Å². The lowest BCUT2D eigenvalue weighted by Gasteiger charge is -2.19. The van der Waals surface area contributed by atoms with Crippen LogP contribution in [0.4, 0.5) is 0 Å². The Morgan fingerprint density at radius 3 is 2.86 bits per heavy atom. The molecule has 0 saturated carbocycles. The molecule has 1 rings (SSSR count). The van der Waals surface area contributed by atoms with Crippen LogP contribution in [0.1, 0.15) is 25.5 Å². The minimum Gasteiger partial charge on any atom is -0.468 e. The number of hydrogen-bond acceptors (Lipinski definition) is 3. The van der Waals surface area contributed by atoms with Crippen molar-refractivity contribution in [3.63, 3.8) is 0 Å². The lowest BCUT2D eigenvalue weighted by Crippen LogP contribution is -2.27. The van der Waals surface area contributed by atoms with Gasteiger partial charge in [0, 0.05) is 6.54 Å². The van der Waals surface area contributed by atoms with Crippen LogP contribution in [0.3, 0.4) is 0 Å². The van der Waals surface area contributed by atoms with Crippen molar-refractivity contribution in [2.75, 3.05) is 19.7 Å². The largest absolute Gasteiger partial charge is 0.468 e. The van der Waals surface area contributed by atoms with Crippen LogP contribution in [0, 0.1) is 0 Å². The maximum Gasteiger partial charge on any atom is 0.117 e. The first-order chi connectivity index (χ1) is 6.86. The maximum atomic E-state index is 8.89.